The van der Waals surface area contributed by atoms with Gasteiger partial charge in [-0.2, -0.15) is 0 Å². The first kappa shape index (κ1) is 26.7. The molecule has 196 valence electrons. The molecule has 0 saturated heterocycles. The van der Waals surface area contributed by atoms with Crippen LogP contribution >= 0.6 is 0 Å². The third-order valence-electron chi connectivity index (χ3n) is 9.72. The summed E-state index contributed by atoms with van der Waals surface area (Å²) in [6.45, 7) is 10.7. The average molecular weight is 483 g/mol. The van der Waals surface area contributed by atoms with Crippen molar-refractivity contribution in [2.45, 2.75) is 116 Å². The number of methoxy groups -OCH3 is 1. The topological polar surface area (TPSA) is 50.4 Å². The smallest absolute Gasteiger partial charge is 0.131 e. The van der Waals surface area contributed by atoms with Gasteiger partial charge in [-0.15, -0.1) is 0 Å². The van der Waals surface area contributed by atoms with E-state index in [2.05, 4.69) is 49.6 Å². The number of hydrogen-bond acceptors (Lipinski definition) is 4. The van der Waals surface area contributed by atoms with E-state index in [4.69, 9.17) is 4.74 Å². The van der Waals surface area contributed by atoms with Crippen LogP contribution in [0.25, 0.3) is 0 Å². The second kappa shape index (κ2) is 11.3. The van der Waals surface area contributed by atoms with Crippen LogP contribution in [0.3, 0.4) is 0 Å². The van der Waals surface area contributed by atoms with E-state index in [0.29, 0.717) is 17.9 Å². The Kier molecular flexibility index (Phi) is 8.64. The standard InChI is InChI=1S/C31H50N2O2/c1-22(34)21-30(2,3)33-19-9-7-6-8-18-32-29-15-14-28-27-12-10-23-20-24(35-5)11-13-25(23)26(27)16-17-31(28,29)4/h11,13,20,26-29,32-33H,6-10,12,14-19,21H2,1-5H3/t26-,27-,28+,29+,31+/m1/s1. The molecule has 0 aliphatic heterocycles. The second-order valence-electron chi connectivity index (χ2n) is 12.7. The van der Waals surface area contributed by atoms with Crippen molar-refractivity contribution in [1.82, 2.24) is 10.6 Å². The van der Waals surface area contributed by atoms with E-state index in [1.165, 1.54) is 64.2 Å². The molecule has 1 aromatic rings. The highest BCUT2D eigenvalue weighted by Crippen LogP contribution is 2.61. The van der Waals surface area contributed by atoms with Gasteiger partial charge in [-0.25, -0.2) is 0 Å². The molecule has 2 fully saturated rings. The Bertz CT molecular complexity index is 866. The lowest BCUT2D eigenvalue weighted by Gasteiger charge is -2.51. The van der Waals surface area contributed by atoms with Crippen LogP contribution in [-0.2, 0) is 11.2 Å². The lowest BCUT2D eigenvalue weighted by molar-refractivity contribution is -0.118. The zero-order valence-corrected chi connectivity index (χ0v) is 23.1. The number of ether oxygens (including phenoxy) is 1. The summed E-state index contributed by atoms with van der Waals surface area (Å²) in [6.07, 6.45) is 13.7. The summed E-state index contributed by atoms with van der Waals surface area (Å²) in [4.78, 5) is 11.4. The van der Waals surface area contributed by atoms with Crippen molar-refractivity contribution in [2.75, 3.05) is 20.2 Å². The van der Waals surface area contributed by atoms with Crippen LogP contribution in [0.2, 0.25) is 0 Å². The minimum absolute atomic E-state index is 0.0753. The van der Waals surface area contributed by atoms with E-state index in [1.54, 1.807) is 25.2 Å². The van der Waals surface area contributed by atoms with Crippen molar-refractivity contribution in [3.63, 3.8) is 0 Å². The van der Waals surface area contributed by atoms with Gasteiger partial charge in [0.1, 0.15) is 11.5 Å². The third kappa shape index (κ3) is 6.13. The van der Waals surface area contributed by atoms with Gasteiger partial charge < -0.3 is 15.4 Å². The average Bonchev–Trinajstić information content (AvgIpc) is 3.15. The van der Waals surface area contributed by atoms with Crippen molar-refractivity contribution in [3.8, 4) is 5.75 Å². The highest BCUT2D eigenvalue weighted by atomic mass is 16.5. The predicted molar refractivity (Wildman–Crippen MR) is 145 cm³/mol. The van der Waals surface area contributed by atoms with Gasteiger partial charge in [0, 0.05) is 18.0 Å². The molecule has 0 amide bonds. The zero-order valence-electron chi connectivity index (χ0n) is 23.1. The van der Waals surface area contributed by atoms with Crippen molar-refractivity contribution in [3.05, 3.63) is 29.3 Å². The SMILES string of the molecule is COc1ccc2c(c1)CC[C@@H]1[C@@H]2CC[C@]2(C)[C@@H](NCCCCCCNC(C)(C)CC(C)=O)CC[C@@H]12. The summed E-state index contributed by atoms with van der Waals surface area (Å²) in [5, 5.41) is 7.57. The van der Waals surface area contributed by atoms with Gasteiger partial charge in [0.2, 0.25) is 0 Å². The maximum atomic E-state index is 11.4. The van der Waals surface area contributed by atoms with Crippen molar-refractivity contribution >= 4 is 5.78 Å². The third-order valence-corrected chi connectivity index (χ3v) is 9.72. The monoisotopic (exact) mass is 482 g/mol. The Hall–Kier alpha value is -1.39. The number of hydrogen-bond donors (Lipinski definition) is 2. The van der Waals surface area contributed by atoms with Crippen molar-refractivity contribution in [2.24, 2.45) is 17.3 Å². The Morgan fingerprint density at radius 3 is 2.60 bits per heavy atom. The van der Waals surface area contributed by atoms with Crippen LogP contribution in [0.5, 0.6) is 5.75 Å². The normalized spacial score (nSPS) is 29.9. The molecule has 0 radical (unpaired) electrons. The minimum Gasteiger partial charge on any atom is -0.497 e. The number of carbonyl (C=O) groups is 1. The molecule has 4 heteroatoms. The van der Waals surface area contributed by atoms with Crippen LogP contribution in [0, 0.1) is 17.3 Å². The molecule has 2 N–H and O–H groups in total. The molecule has 0 unspecified atom stereocenters. The van der Waals surface area contributed by atoms with Gasteiger partial charge >= 0.3 is 0 Å². The molecular weight excluding hydrogens is 432 g/mol. The summed E-state index contributed by atoms with van der Waals surface area (Å²) in [6, 6.07) is 7.54. The van der Waals surface area contributed by atoms with Gasteiger partial charge in [-0.05, 0) is 132 Å². The van der Waals surface area contributed by atoms with Crippen LogP contribution < -0.4 is 15.4 Å². The highest BCUT2D eigenvalue weighted by molar-refractivity contribution is 5.76. The largest absolute Gasteiger partial charge is 0.497 e. The molecule has 35 heavy (non-hydrogen) atoms. The maximum Gasteiger partial charge on any atom is 0.131 e. The number of fused-ring (bicyclic) bond motifs is 5. The number of Topliss-reactive ketones (excluding diaryl/α,β-unsaturated/α-hetero) is 1. The number of carbonyl (C=O) groups excluding carboxylic acids is 1. The zero-order chi connectivity index (χ0) is 25.1. The van der Waals surface area contributed by atoms with E-state index in [1.807, 2.05) is 0 Å². The number of rotatable bonds is 12. The lowest BCUT2D eigenvalue weighted by Crippen LogP contribution is -2.48. The molecule has 2 saturated carbocycles. The molecule has 0 bridgehead atoms. The molecule has 0 aromatic heterocycles. The van der Waals surface area contributed by atoms with Crippen molar-refractivity contribution in [1.29, 1.82) is 0 Å². The first-order valence-corrected chi connectivity index (χ1v) is 14.4. The van der Waals surface area contributed by atoms with Crippen LogP contribution in [0.15, 0.2) is 18.2 Å². The fourth-order valence-corrected chi connectivity index (χ4v) is 8.01. The number of ketones is 1. The van der Waals surface area contributed by atoms with E-state index in [0.717, 1.165) is 36.6 Å². The molecule has 4 rings (SSSR count). The van der Waals surface area contributed by atoms with E-state index >= 15 is 0 Å². The fraction of sp³-hybridized carbons (Fsp3) is 0.774. The Labute approximate surface area is 214 Å². The number of benzene rings is 1. The van der Waals surface area contributed by atoms with Gasteiger partial charge in [-0.1, -0.05) is 25.8 Å². The molecule has 3 aliphatic rings. The summed E-state index contributed by atoms with van der Waals surface area (Å²) in [5.41, 5.74) is 3.56. The molecule has 1 aromatic carbocycles. The maximum absolute atomic E-state index is 11.4. The highest BCUT2D eigenvalue weighted by Gasteiger charge is 2.54. The van der Waals surface area contributed by atoms with Crippen molar-refractivity contribution < 1.29 is 9.53 Å². The minimum atomic E-state index is -0.0753. The molecular formula is C31H50N2O2. The summed E-state index contributed by atoms with van der Waals surface area (Å²) < 4.78 is 5.49. The van der Waals surface area contributed by atoms with E-state index in [9.17, 15) is 4.79 Å². The van der Waals surface area contributed by atoms with Crippen LogP contribution in [-0.4, -0.2) is 37.6 Å². The molecule has 4 nitrogen and oxygen atoms in total. The Morgan fingerprint density at radius 1 is 1.09 bits per heavy atom. The second-order valence-corrected chi connectivity index (χ2v) is 12.7. The van der Waals surface area contributed by atoms with Gasteiger partial charge in [-0.3, -0.25) is 4.79 Å². The summed E-state index contributed by atoms with van der Waals surface area (Å²) in [5.74, 6) is 3.77. The molecule has 0 heterocycles. The predicted octanol–water partition coefficient (Wildman–Crippen LogP) is 6.42. The summed E-state index contributed by atoms with van der Waals surface area (Å²) in [7, 11) is 1.78. The van der Waals surface area contributed by atoms with E-state index in [-0.39, 0.29) is 11.3 Å². The summed E-state index contributed by atoms with van der Waals surface area (Å²) >= 11 is 0. The van der Waals surface area contributed by atoms with Gasteiger partial charge in [0.05, 0.1) is 7.11 Å². The lowest BCUT2D eigenvalue weighted by atomic mass is 9.55. The van der Waals surface area contributed by atoms with Crippen LogP contribution in [0.4, 0.5) is 0 Å². The van der Waals surface area contributed by atoms with Gasteiger partial charge in [0.25, 0.3) is 0 Å². The first-order chi connectivity index (χ1) is 16.7. The Balaban J connectivity index is 1.19. The Morgan fingerprint density at radius 2 is 1.86 bits per heavy atom. The van der Waals surface area contributed by atoms with E-state index < -0.39 is 0 Å². The number of nitrogens with one attached hydrogen (secondary N) is 2. The number of unbranched alkanes of at least 4 members (excludes halogenated alkanes) is 3. The number of aryl methyl sites for hydroxylation is 1. The molecule has 3 aliphatic carbocycles. The molecule has 5 atom stereocenters. The quantitative estimate of drug-likeness (QED) is 0.338. The fourth-order valence-electron chi connectivity index (χ4n) is 8.01. The first-order valence-electron chi connectivity index (χ1n) is 14.4. The molecule has 0 spiro atoms. The van der Waals surface area contributed by atoms with Crippen LogP contribution in [0.1, 0.15) is 109 Å². The van der Waals surface area contributed by atoms with Gasteiger partial charge in [0.15, 0.2) is 0 Å².